The minimum Gasteiger partial charge on any atom is -0.303 e. The van der Waals surface area contributed by atoms with Crippen LogP contribution in [0.3, 0.4) is 0 Å². The quantitative estimate of drug-likeness (QED) is 0.244. The summed E-state index contributed by atoms with van der Waals surface area (Å²) in [6.07, 6.45) is 13.4. The van der Waals surface area contributed by atoms with Crippen LogP contribution in [0, 0.1) is 5.92 Å². The first-order chi connectivity index (χ1) is 10.8. The lowest BCUT2D eigenvalue weighted by molar-refractivity contribution is -0.0288. The van der Waals surface area contributed by atoms with Crippen LogP contribution in [0.25, 0.3) is 0 Å². The molecule has 0 aliphatic carbocycles. The van der Waals surface area contributed by atoms with Gasteiger partial charge < -0.3 is 9.79 Å². The van der Waals surface area contributed by atoms with Gasteiger partial charge in [0.05, 0.1) is 5.60 Å². The Bertz CT molecular complexity index is 329. The molecule has 0 aromatic rings. The highest BCUT2D eigenvalue weighted by Crippen LogP contribution is 2.48. The van der Waals surface area contributed by atoms with E-state index in [4.69, 9.17) is 4.52 Å². The van der Waals surface area contributed by atoms with Gasteiger partial charge in [0, 0.05) is 0 Å². The molecule has 0 saturated carbocycles. The lowest BCUT2D eigenvalue weighted by atomic mass is 9.78. The Hall–Kier alpha value is 0.400. The summed E-state index contributed by atoms with van der Waals surface area (Å²) in [7, 11) is -4.45. The van der Waals surface area contributed by atoms with Crippen molar-refractivity contribution in [3.05, 3.63) is 0 Å². The van der Waals surface area contributed by atoms with E-state index in [0.717, 1.165) is 19.3 Å². The van der Waals surface area contributed by atoms with E-state index in [1.807, 2.05) is 13.8 Å². The van der Waals surface area contributed by atoms with Gasteiger partial charge in [0.15, 0.2) is 0 Å². The largest absolute Gasteiger partial charge is 0.470 e. The summed E-state index contributed by atoms with van der Waals surface area (Å²) < 4.78 is 16.6. The molecule has 0 aliphatic heterocycles. The van der Waals surface area contributed by atoms with Crippen molar-refractivity contribution in [2.75, 3.05) is 0 Å². The molecule has 1 atom stereocenters. The first kappa shape index (κ1) is 26.6. The van der Waals surface area contributed by atoms with Crippen LogP contribution in [0.15, 0.2) is 0 Å². The molecule has 0 aromatic heterocycles. The van der Waals surface area contributed by atoms with Crippen LogP contribution in [-0.4, -0.2) is 15.4 Å². The first-order valence-electron chi connectivity index (χ1n) is 9.61. The zero-order valence-corrected chi connectivity index (χ0v) is 17.8. The predicted molar refractivity (Wildman–Crippen MR) is 105 cm³/mol. The van der Waals surface area contributed by atoms with E-state index in [1.165, 1.54) is 44.9 Å². The molecule has 2 N–H and O–H groups in total. The SMILES string of the molecule is CCCCCCCCCCC(CC)C(CC)(CC)OP(=O)(O)O.Cl. The van der Waals surface area contributed by atoms with Gasteiger partial charge in [0.2, 0.25) is 0 Å². The van der Waals surface area contributed by atoms with E-state index in [1.54, 1.807) is 0 Å². The van der Waals surface area contributed by atoms with Crippen molar-refractivity contribution in [3.8, 4) is 0 Å². The van der Waals surface area contributed by atoms with Gasteiger partial charge in [-0.2, -0.15) is 0 Å². The molecular weight excluding hydrogens is 347 g/mol. The fourth-order valence-corrected chi connectivity index (χ4v) is 4.51. The highest BCUT2D eigenvalue weighted by molar-refractivity contribution is 7.46. The smallest absolute Gasteiger partial charge is 0.303 e. The fourth-order valence-electron chi connectivity index (χ4n) is 3.63. The number of rotatable bonds is 15. The maximum atomic E-state index is 11.4. The summed E-state index contributed by atoms with van der Waals surface area (Å²) in [5.74, 6) is 0.213. The normalized spacial score (nSPS) is 13.6. The summed E-state index contributed by atoms with van der Waals surface area (Å²) in [5.41, 5.74) is -0.686. The second kappa shape index (κ2) is 14.6. The Balaban J connectivity index is 0. The molecule has 0 aromatic carbocycles. The molecule has 0 bridgehead atoms. The van der Waals surface area contributed by atoms with Gasteiger partial charge in [0.1, 0.15) is 0 Å². The topological polar surface area (TPSA) is 66.8 Å². The third-order valence-corrected chi connectivity index (χ3v) is 5.74. The molecule has 6 heteroatoms. The van der Waals surface area contributed by atoms with Crippen molar-refractivity contribution in [1.29, 1.82) is 0 Å². The molecular formula is C18H40ClO4P. The second-order valence-electron chi connectivity index (χ2n) is 6.72. The zero-order chi connectivity index (χ0) is 17.8. The minimum absolute atomic E-state index is 0. The average Bonchev–Trinajstić information content (AvgIpc) is 2.50. The number of phosphoric acid groups is 1. The second-order valence-corrected chi connectivity index (χ2v) is 7.89. The molecule has 1 unspecified atom stereocenters. The molecule has 4 nitrogen and oxygen atoms in total. The minimum atomic E-state index is -4.45. The number of phosphoric ester groups is 1. The van der Waals surface area contributed by atoms with E-state index in [2.05, 4.69) is 13.8 Å². The number of halogens is 1. The van der Waals surface area contributed by atoms with Gasteiger partial charge in [-0.05, 0) is 25.2 Å². The van der Waals surface area contributed by atoms with E-state index in [0.29, 0.717) is 12.8 Å². The summed E-state index contributed by atoms with van der Waals surface area (Å²) >= 11 is 0. The van der Waals surface area contributed by atoms with Crippen molar-refractivity contribution in [1.82, 2.24) is 0 Å². The van der Waals surface area contributed by atoms with Crippen LogP contribution < -0.4 is 0 Å². The summed E-state index contributed by atoms with van der Waals surface area (Å²) in [5, 5.41) is 0. The third-order valence-electron chi connectivity index (χ3n) is 5.14. The van der Waals surface area contributed by atoms with E-state index in [9.17, 15) is 14.4 Å². The molecule has 0 radical (unpaired) electrons. The maximum Gasteiger partial charge on any atom is 0.470 e. The summed E-state index contributed by atoms with van der Waals surface area (Å²) in [6, 6.07) is 0. The Morgan fingerprint density at radius 3 is 1.71 bits per heavy atom. The molecule has 0 amide bonds. The van der Waals surface area contributed by atoms with Crippen molar-refractivity contribution < 1.29 is 18.9 Å². The zero-order valence-electron chi connectivity index (χ0n) is 16.1. The monoisotopic (exact) mass is 386 g/mol. The Labute approximate surface area is 155 Å². The van der Waals surface area contributed by atoms with E-state index >= 15 is 0 Å². The average molecular weight is 387 g/mol. The van der Waals surface area contributed by atoms with Crippen molar-refractivity contribution in [3.63, 3.8) is 0 Å². The number of hydrogen-bond donors (Lipinski definition) is 2. The van der Waals surface area contributed by atoms with Gasteiger partial charge >= 0.3 is 7.82 Å². The Morgan fingerprint density at radius 1 is 0.875 bits per heavy atom. The van der Waals surface area contributed by atoms with Crippen LogP contribution in [-0.2, 0) is 9.09 Å². The maximum absolute atomic E-state index is 11.4. The molecule has 0 spiro atoms. The fraction of sp³-hybridized carbons (Fsp3) is 1.00. The van der Waals surface area contributed by atoms with E-state index < -0.39 is 13.4 Å². The predicted octanol–water partition coefficient (Wildman–Crippen LogP) is 6.63. The lowest BCUT2D eigenvalue weighted by Crippen LogP contribution is -2.39. The first-order valence-corrected chi connectivity index (χ1v) is 11.1. The van der Waals surface area contributed by atoms with Crippen molar-refractivity contribution in [2.45, 2.75) is 110 Å². The van der Waals surface area contributed by atoms with Crippen LogP contribution in [0.2, 0.25) is 0 Å². The molecule has 0 fully saturated rings. The van der Waals surface area contributed by atoms with Crippen LogP contribution in [0.1, 0.15) is 105 Å². The molecule has 0 heterocycles. The van der Waals surface area contributed by atoms with Gasteiger partial charge in [-0.15, -0.1) is 12.4 Å². The summed E-state index contributed by atoms with van der Waals surface area (Å²) in [4.78, 5) is 18.5. The Kier molecular flexibility index (Phi) is 16.2. The third kappa shape index (κ3) is 11.1. The molecule has 0 aliphatic rings. The van der Waals surface area contributed by atoms with Gasteiger partial charge in [0.25, 0.3) is 0 Å². The van der Waals surface area contributed by atoms with Crippen LogP contribution in [0.4, 0.5) is 0 Å². The highest BCUT2D eigenvalue weighted by Gasteiger charge is 2.40. The van der Waals surface area contributed by atoms with Gasteiger partial charge in [-0.25, -0.2) is 4.57 Å². The lowest BCUT2D eigenvalue weighted by Gasteiger charge is -2.39. The Morgan fingerprint density at radius 2 is 1.33 bits per heavy atom. The molecule has 24 heavy (non-hydrogen) atoms. The molecule has 0 rings (SSSR count). The van der Waals surface area contributed by atoms with Crippen molar-refractivity contribution in [2.24, 2.45) is 5.92 Å². The molecule has 0 saturated heterocycles. The van der Waals surface area contributed by atoms with Crippen molar-refractivity contribution >= 4 is 20.2 Å². The number of unbranched alkanes of at least 4 members (excludes halogenated alkanes) is 7. The van der Waals surface area contributed by atoms with Crippen LogP contribution >= 0.6 is 20.2 Å². The standard InChI is InChI=1S/C18H39O4P.ClH/c1-5-9-10-11-12-13-14-15-16-17(6-2)18(7-3,8-4)22-23(19,20)21;/h17H,5-16H2,1-4H3,(H2,19,20,21);1H. The van der Waals surface area contributed by atoms with Crippen LogP contribution in [0.5, 0.6) is 0 Å². The number of hydrogen-bond acceptors (Lipinski definition) is 2. The van der Waals surface area contributed by atoms with Gasteiger partial charge in [-0.1, -0.05) is 85.5 Å². The highest BCUT2D eigenvalue weighted by atomic mass is 35.5. The van der Waals surface area contributed by atoms with Gasteiger partial charge in [-0.3, -0.25) is 4.52 Å². The molecule has 148 valence electrons. The van der Waals surface area contributed by atoms with E-state index in [-0.39, 0.29) is 18.3 Å². The summed E-state index contributed by atoms with van der Waals surface area (Å²) in [6.45, 7) is 8.27.